The maximum atomic E-state index is 10.6. The van der Waals surface area contributed by atoms with E-state index >= 15 is 0 Å². The predicted octanol–water partition coefficient (Wildman–Crippen LogP) is 2.24. The molecule has 1 unspecified atom stereocenters. The Morgan fingerprint density at radius 2 is 2.33 bits per heavy atom. The van der Waals surface area contributed by atoms with Crippen molar-refractivity contribution in [3.63, 3.8) is 0 Å². The van der Waals surface area contributed by atoms with E-state index in [4.69, 9.17) is 17.3 Å². The number of carbonyl (C=O) groups excluding carboxylic acids is 1. The van der Waals surface area contributed by atoms with Gasteiger partial charge in [-0.15, -0.1) is 0 Å². The molecule has 0 saturated carbocycles. The number of hydrogen-bond acceptors (Lipinski definition) is 2. The van der Waals surface area contributed by atoms with Gasteiger partial charge < -0.3 is 11.1 Å². The van der Waals surface area contributed by atoms with Crippen molar-refractivity contribution in [3.8, 4) is 0 Å². The first-order chi connectivity index (χ1) is 7.00. The fourth-order valence-corrected chi connectivity index (χ4v) is 2.05. The minimum atomic E-state index is -0.380. The molecule has 3 nitrogen and oxygen atoms in total. The summed E-state index contributed by atoms with van der Waals surface area (Å²) in [7, 11) is 0. The second kappa shape index (κ2) is 5.49. The molecule has 0 radical (unpaired) electrons. The van der Waals surface area contributed by atoms with Crippen molar-refractivity contribution in [1.29, 1.82) is 0 Å². The average Bonchev–Trinajstić information content (AvgIpc) is 2.14. The molecule has 1 rings (SSSR count). The zero-order chi connectivity index (χ0) is 11.4. The van der Waals surface area contributed by atoms with Crippen LogP contribution in [0.15, 0.2) is 22.7 Å². The van der Waals surface area contributed by atoms with Crippen LogP contribution in [0.2, 0.25) is 5.02 Å². The van der Waals surface area contributed by atoms with Crippen LogP contribution in [0, 0.1) is 0 Å². The normalized spacial score (nSPS) is 12.5. The molecule has 0 aliphatic heterocycles. The number of hydrogen-bond donors (Lipinski definition) is 2. The van der Waals surface area contributed by atoms with Crippen molar-refractivity contribution in [2.45, 2.75) is 13.0 Å². The van der Waals surface area contributed by atoms with E-state index in [1.165, 1.54) is 0 Å². The summed E-state index contributed by atoms with van der Waals surface area (Å²) < 4.78 is 0.929. The highest BCUT2D eigenvalue weighted by Gasteiger charge is 2.09. The number of halogens is 2. The highest BCUT2D eigenvalue weighted by molar-refractivity contribution is 9.10. The molecule has 0 aliphatic rings. The summed E-state index contributed by atoms with van der Waals surface area (Å²) in [4.78, 5) is 10.6. The van der Waals surface area contributed by atoms with Gasteiger partial charge in [0.15, 0.2) is 0 Å². The van der Waals surface area contributed by atoms with Gasteiger partial charge in [0, 0.05) is 15.5 Å². The number of benzene rings is 1. The Hall–Kier alpha value is -0.580. The minimum Gasteiger partial charge on any atom is -0.369 e. The lowest BCUT2D eigenvalue weighted by Crippen LogP contribution is -2.30. The Labute approximate surface area is 102 Å². The Balaban J connectivity index is 2.73. The summed E-state index contributed by atoms with van der Waals surface area (Å²) in [6.45, 7) is 2.08. The van der Waals surface area contributed by atoms with E-state index in [2.05, 4.69) is 21.2 Å². The van der Waals surface area contributed by atoms with Crippen LogP contribution in [0.25, 0.3) is 0 Å². The molecule has 5 heteroatoms. The van der Waals surface area contributed by atoms with Gasteiger partial charge in [0.1, 0.15) is 0 Å². The molecule has 0 spiro atoms. The van der Waals surface area contributed by atoms with Crippen molar-refractivity contribution in [1.82, 2.24) is 5.32 Å². The third-order valence-corrected chi connectivity index (χ3v) is 2.83. The largest absolute Gasteiger partial charge is 0.369 e. The molecule has 1 aromatic carbocycles. The number of primary amides is 1. The lowest BCUT2D eigenvalue weighted by atomic mass is 10.1. The van der Waals surface area contributed by atoms with Crippen LogP contribution in [0.4, 0.5) is 0 Å². The summed E-state index contributed by atoms with van der Waals surface area (Å²) in [6, 6.07) is 5.63. The van der Waals surface area contributed by atoms with E-state index in [1.807, 2.05) is 25.1 Å². The first-order valence-electron chi connectivity index (χ1n) is 4.47. The first-order valence-corrected chi connectivity index (χ1v) is 5.64. The summed E-state index contributed by atoms with van der Waals surface area (Å²) >= 11 is 9.38. The van der Waals surface area contributed by atoms with Crippen LogP contribution < -0.4 is 11.1 Å². The van der Waals surface area contributed by atoms with Gasteiger partial charge in [-0.3, -0.25) is 4.79 Å². The predicted molar refractivity (Wildman–Crippen MR) is 64.8 cm³/mol. The van der Waals surface area contributed by atoms with E-state index in [9.17, 15) is 4.79 Å². The van der Waals surface area contributed by atoms with Crippen molar-refractivity contribution in [2.75, 3.05) is 6.54 Å². The molecule has 0 saturated heterocycles. The Kier molecular flexibility index (Phi) is 4.57. The van der Waals surface area contributed by atoms with Crippen LogP contribution in [0.5, 0.6) is 0 Å². The minimum absolute atomic E-state index is 0.00176. The zero-order valence-electron chi connectivity index (χ0n) is 8.26. The number of nitrogens with two attached hydrogens (primary N) is 1. The second-order valence-corrected chi connectivity index (χ2v) is 4.56. The SMILES string of the molecule is CC(NCC(N)=O)c1ccc(Br)cc1Cl. The zero-order valence-corrected chi connectivity index (χ0v) is 10.6. The molecule has 0 aromatic heterocycles. The quantitative estimate of drug-likeness (QED) is 0.894. The molecule has 0 heterocycles. The Bertz CT molecular complexity index is 370. The van der Waals surface area contributed by atoms with Crippen LogP contribution in [-0.2, 0) is 4.79 Å². The van der Waals surface area contributed by atoms with Crippen LogP contribution >= 0.6 is 27.5 Å². The molecular weight excluding hydrogens is 279 g/mol. The van der Waals surface area contributed by atoms with Crippen LogP contribution in [-0.4, -0.2) is 12.5 Å². The molecule has 15 heavy (non-hydrogen) atoms. The van der Waals surface area contributed by atoms with Gasteiger partial charge in [-0.05, 0) is 24.6 Å². The smallest absolute Gasteiger partial charge is 0.231 e. The van der Waals surface area contributed by atoms with Crippen molar-refractivity contribution in [3.05, 3.63) is 33.3 Å². The Morgan fingerprint density at radius 1 is 1.67 bits per heavy atom. The topological polar surface area (TPSA) is 55.1 Å². The lowest BCUT2D eigenvalue weighted by Gasteiger charge is -2.14. The van der Waals surface area contributed by atoms with Gasteiger partial charge in [0.25, 0.3) is 0 Å². The van der Waals surface area contributed by atoms with E-state index in [1.54, 1.807) is 0 Å². The van der Waals surface area contributed by atoms with E-state index in [0.29, 0.717) is 5.02 Å². The van der Waals surface area contributed by atoms with E-state index < -0.39 is 0 Å². The molecular formula is C10H12BrClN2O. The lowest BCUT2D eigenvalue weighted by molar-refractivity contribution is -0.117. The van der Waals surface area contributed by atoms with Crippen LogP contribution in [0.1, 0.15) is 18.5 Å². The number of amides is 1. The van der Waals surface area contributed by atoms with Crippen molar-refractivity contribution >= 4 is 33.4 Å². The molecule has 0 aliphatic carbocycles. The van der Waals surface area contributed by atoms with Gasteiger partial charge in [-0.1, -0.05) is 33.6 Å². The second-order valence-electron chi connectivity index (χ2n) is 3.23. The van der Waals surface area contributed by atoms with Gasteiger partial charge in [0.2, 0.25) is 5.91 Å². The fourth-order valence-electron chi connectivity index (χ4n) is 1.22. The summed E-state index contributed by atoms with van der Waals surface area (Å²) in [6.07, 6.45) is 0. The average molecular weight is 292 g/mol. The fraction of sp³-hybridized carbons (Fsp3) is 0.300. The number of rotatable bonds is 4. The van der Waals surface area contributed by atoms with Crippen molar-refractivity contribution < 1.29 is 4.79 Å². The maximum absolute atomic E-state index is 10.6. The molecule has 82 valence electrons. The molecule has 0 bridgehead atoms. The first kappa shape index (κ1) is 12.5. The van der Waals surface area contributed by atoms with Crippen molar-refractivity contribution in [2.24, 2.45) is 5.73 Å². The third-order valence-electron chi connectivity index (χ3n) is 2.01. The van der Waals surface area contributed by atoms with Crippen LogP contribution in [0.3, 0.4) is 0 Å². The highest BCUT2D eigenvalue weighted by atomic mass is 79.9. The summed E-state index contributed by atoms with van der Waals surface area (Å²) in [5.74, 6) is -0.380. The van der Waals surface area contributed by atoms with Gasteiger partial charge in [-0.2, -0.15) is 0 Å². The monoisotopic (exact) mass is 290 g/mol. The molecule has 1 aromatic rings. The van der Waals surface area contributed by atoms with E-state index in [-0.39, 0.29) is 18.5 Å². The highest BCUT2D eigenvalue weighted by Crippen LogP contribution is 2.25. The molecule has 1 amide bonds. The number of carbonyl (C=O) groups is 1. The maximum Gasteiger partial charge on any atom is 0.231 e. The molecule has 3 N–H and O–H groups in total. The molecule has 1 atom stereocenters. The third kappa shape index (κ3) is 3.81. The summed E-state index contributed by atoms with van der Waals surface area (Å²) in [5.41, 5.74) is 5.98. The summed E-state index contributed by atoms with van der Waals surface area (Å²) in [5, 5.41) is 3.65. The standard InChI is InChI=1S/C10H12BrClN2O/c1-6(14-5-10(13)15)8-3-2-7(11)4-9(8)12/h2-4,6,14H,5H2,1H3,(H2,13,15). The Morgan fingerprint density at radius 3 is 2.87 bits per heavy atom. The van der Waals surface area contributed by atoms with Gasteiger partial charge in [0.05, 0.1) is 6.54 Å². The molecule has 0 fully saturated rings. The van der Waals surface area contributed by atoms with E-state index in [0.717, 1.165) is 10.0 Å². The van der Waals surface area contributed by atoms with Gasteiger partial charge >= 0.3 is 0 Å². The number of nitrogens with one attached hydrogen (secondary N) is 1. The van der Waals surface area contributed by atoms with Gasteiger partial charge in [-0.25, -0.2) is 0 Å².